The lowest BCUT2D eigenvalue weighted by Crippen LogP contribution is -2.42. The molecule has 6 nitrogen and oxygen atoms in total. The predicted molar refractivity (Wildman–Crippen MR) is 127 cm³/mol. The first-order valence-electron chi connectivity index (χ1n) is 10.9. The number of ketones is 1. The summed E-state index contributed by atoms with van der Waals surface area (Å²) in [5.41, 5.74) is 1.65. The number of methoxy groups -OCH3 is 1. The Morgan fingerprint density at radius 3 is 2.61 bits per heavy atom. The Bertz CT molecular complexity index is 1360. The summed E-state index contributed by atoms with van der Waals surface area (Å²) in [6, 6.07) is 22.0. The molecule has 1 amide bonds. The van der Waals surface area contributed by atoms with Gasteiger partial charge in [0.05, 0.1) is 24.8 Å². The largest absolute Gasteiger partial charge is 0.496 e. The average Bonchev–Trinajstić information content (AvgIpc) is 3.35. The van der Waals surface area contributed by atoms with E-state index in [-0.39, 0.29) is 12.2 Å². The van der Waals surface area contributed by atoms with Gasteiger partial charge in [0.2, 0.25) is 0 Å². The van der Waals surface area contributed by atoms with Gasteiger partial charge in [-0.15, -0.1) is 0 Å². The van der Waals surface area contributed by atoms with Gasteiger partial charge in [-0.05, 0) is 36.2 Å². The number of anilines is 1. The summed E-state index contributed by atoms with van der Waals surface area (Å²) in [6.07, 6.45) is 2.21. The van der Waals surface area contributed by atoms with Crippen LogP contribution in [0.3, 0.4) is 0 Å². The Balaban J connectivity index is 1.43. The first-order chi connectivity index (χ1) is 16.0. The van der Waals surface area contributed by atoms with Crippen molar-refractivity contribution >= 4 is 28.3 Å². The Labute approximate surface area is 191 Å². The van der Waals surface area contributed by atoms with E-state index < -0.39 is 11.5 Å². The van der Waals surface area contributed by atoms with Crippen LogP contribution in [0.2, 0.25) is 0 Å². The zero-order valence-electron chi connectivity index (χ0n) is 18.2. The van der Waals surface area contributed by atoms with Crippen LogP contribution in [0.1, 0.15) is 27.9 Å². The maximum atomic E-state index is 13.5. The van der Waals surface area contributed by atoms with Crippen LogP contribution in [0.4, 0.5) is 5.69 Å². The third-order valence-corrected chi connectivity index (χ3v) is 6.34. The molecule has 2 heterocycles. The second kappa shape index (κ2) is 8.22. The molecule has 2 N–H and O–H groups in total. The van der Waals surface area contributed by atoms with E-state index in [0.717, 1.165) is 16.5 Å². The molecule has 1 aliphatic heterocycles. The van der Waals surface area contributed by atoms with Gasteiger partial charge in [-0.25, -0.2) is 0 Å². The van der Waals surface area contributed by atoms with E-state index in [4.69, 9.17) is 4.74 Å². The van der Waals surface area contributed by atoms with E-state index >= 15 is 0 Å². The lowest BCUT2D eigenvalue weighted by molar-refractivity contribution is -0.135. The fraction of sp³-hybridized carbons (Fsp3) is 0.185. The van der Waals surface area contributed by atoms with Gasteiger partial charge in [-0.1, -0.05) is 48.5 Å². The van der Waals surface area contributed by atoms with Crippen molar-refractivity contribution in [2.75, 3.05) is 18.6 Å². The second-order valence-electron chi connectivity index (χ2n) is 8.24. The molecule has 0 spiro atoms. The van der Waals surface area contributed by atoms with Gasteiger partial charge in [0.15, 0.2) is 11.4 Å². The van der Waals surface area contributed by atoms with E-state index in [0.29, 0.717) is 35.5 Å². The number of carbonyl (C=O) groups is 2. The fourth-order valence-corrected chi connectivity index (χ4v) is 4.67. The summed E-state index contributed by atoms with van der Waals surface area (Å²) in [5.74, 6) is -0.413. The number of aromatic nitrogens is 1. The first kappa shape index (κ1) is 21.0. The van der Waals surface area contributed by atoms with Gasteiger partial charge in [0.1, 0.15) is 5.75 Å². The highest BCUT2D eigenvalue weighted by molar-refractivity contribution is 6.11. The minimum absolute atomic E-state index is 0.343. The second-order valence-corrected chi connectivity index (χ2v) is 8.24. The number of amides is 1. The molecule has 166 valence electrons. The number of aromatic amines is 1. The molecule has 0 saturated carbocycles. The van der Waals surface area contributed by atoms with E-state index in [1.807, 2.05) is 42.6 Å². The van der Waals surface area contributed by atoms with E-state index in [2.05, 4.69) is 4.98 Å². The molecule has 5 rings (SSSR count). The maximum absolute atomic E-state index is 13.5. The smallest absolute Gasteiger partial charge is 0.264 e. The number of nitrogens with one attached hydrogen (secondary N) is 1. The zero-order chi connectivity index (χ0) is 23.0. The van der Waals surface area contributed by atoms with Crippen LogP contribution in [-0.2, 0) is 16.8 Å². The Morgan fingerprint density at radius 1 is 1.03 bits per heavy atom. The highest BCUT2D eigenvalue weighted by Crippen LogP contribution is 2.43. The zero-order valence-corrected chi connectivity index (χ0v) is 18.2. The van der Waals surface area contributed by atoms with Gasteiger partial charge in [-0.2, -0.15) is 0 Å². The Hall–Kier alpha value is -3.90. The van der Waals surface area contributed by atoms with Crippen molar-refractivity contribution < 1.29 is 19.4 Å². The normalized spacial score (nSPS) is 17.4. The highest BCUT2D eigenvalue weighted by Gasteiger charge is 2.50. The minimum atomic E-state index is -1.92. The Kier molecular flexibility index (Phi) is 5.23. The monoisotopic (exact) mass is 440 g/mol. The summed E-state index contributed by atoms with van der Waals surface area (Å²) in [6.45, 7) is 0.392. The topological polar surface area (TPSA) is 82.6 Å². The number of hydrogen-bond acceptors (Lipinski definition) is 4. The summed E-state index contributed by atoms with van der Waals surface area (Å²) in [4.78, 5) is 31.5. The average molecular weight is 440 g/mol. The molecule has 33 heavy (non-hydrogen) atoms. The molecule has 0 aliphatic carbocycles. The molecule has 1 aliphatic rings. The fourth-order valence-electron chi connectivity index (χ4n) is 4.67. The molecule has 6 heteroatoms. The minimum Gasteiger partial charge on any atom is -0.496 e. The number of fused-ring (bicyclic) bond motifs is 2. The summed E-state index contributed by atoms with van der Waals surface area (Å²) < 4.78 is 5.30. The number of ether oxygens (including phenoxy) is 1. The van der Waals surface area contributed by atoms with Gasteiger partial charge in [0.25, 0.3) is 5.91 Å². The summed E-state index contributed by atoms with van der Waals surface area (Å²) in [5, 5.41) is 12.7. The van der Waals surface area contributed by atoms with Gasteiger partial charge in [0, 0.05) is 29.2 Å². The lowest BCUT2D eigenvalue weighted by atomic mass is 9.88. The Morgan fingerprint density at radius 2 is 1.76 bits per heavy atom. The molecular formula is C27H24N2O4. The predicted octanol–water partition coefficient (Wildman–Crippen LogP) is 4.23. The van der Waals surface area contributed by atoms with E-state index in [9.17, 15) is 14.7 Å². The number of benzene rings is 3. The van der Waals surface area contributed by atoms with Crippen LogP contribution in [0.25, 0.3) is 10.9 Å². The van der Waals surface area contributed by atoms with Crippen molar-refractivity contribution in [2.45, 2.75) is 18.4 Å². The van der Waals surface area contributed by atoms with E-state index in [1.54, 1.807) is 41.3 Å². The number of rotatable bonds is 7. The summed E-state index contributed by atoms with van der Waals surface area (Å²) >= 11 is 0. The number of H-pyrrole nitrogens is 1. The van der Waals surface area contributed by atoms with Gasteiger partial charge < -0.3 is 19.7 Å². The van der Waals surface area contributed by atoms with Crippen molar-refractivity contribution in [3.63, 3.8) is 0 Å². The van der Waals surface area contributed by atoms with Crippen LogP contribution >= 0.6 is 0 Å². The van der Waals surface area contributed by atoms with Crippen molar-refractivity contribution in [1.82, 2.24) is 4.98 Å². The van der Waals surface area contributed by atoms with Gasteiger partial charge >= 0.3 is 0 Å². The number of carbonyl (C=O) groups excluding carboxylic acids is 2. The standard InChI is InChI=1S/C27H24N2O4/c1-33-25-13-7-3-9-20(25)24(30)16-27(32)21-10-4-6-12-23(21)29(26(27)31)15-14-18-17-28-22-11-5-2-8-19(18)22/h2-13,17,28,32H,14-16H2,1H3/t27-/m1/s1. The van der Waals surface area contributed by atoms with Crippen LogP contribution < -0.4 is 9.64 Å². The molecular weight excluding hydrogens is 416 g/mol. The molecule has 0 unspecified atom stereocenters. The molecule has 0 fully saturated rings. The number of nitrogens with zero attached hydrogens (tertiary/aromatic N) is 1. The molecule has 0 radical (unpaired) electrons. The third kappa shape index (κ3) is 3.49. The maximum Gasteiger partial charge on any atom is 0.264 e. The van der Waals surface area contributed by atoms with Crippen molar-refractivity contribution in [3.8, 4) is 5.75 Å². The third-order valence-electron chi connectivity index (χ3n) is 6.34. The van der Waals surface area contributed by atoms with Crippen LogP contribution in [0.5, 0.6) is 5.75 Å². The molecule has 0 bridgehead atoms. The van der Waals surface area contributed by atoms with Crippen LogP contribution in [-0.4, -0.2) is 35.4 Å². The van der Waals surface area contributed by atoms with Crippen molar-refractivity contribution in [1.29, 1.82) is 0 Å². The lowest BCUT2D eigenvalue weighted by Gasteiger charge is -2.23. The SMILES string of the molecule is COc1ccccc1C(=O)C[C@]1(O)C(=O)N(CCc2c[nH]c3ccccc23)c2ccccc21. The molecule has 4 aromatic rings. The number of aliphatic hydroxyl groups is 1. The van der Waals surface area contributed by atoms with Crippen molar-refractivity contribution in [3.05, 3.63) is 95.7 Å². The first-order valence-corrected chi connectivity index (χ1v) is 10.9. The number of para-hydroxylation sites is 3. The molecule has 1 aromatic heterocycles. The van der Waals surface area contributed by atoms with Crippen LogP contribution in [0, 0.1) is 0 Å². The molecule has 1 atom stereocenters. The van der Waals surface area contributed by atoms with E-state index in [1.165, 1.54) is 7.11 Å². The van der Waals surface area contributed by atoms with Crippen LogP contribution in [0.15, 0.2) is 79.0 Å². The number of Topliss-reactive ketones (excluding diaryl/α,β-unsaturated/α-hetero) is 1. The highest BCUT2D eigenvalue weighted by atomic mass is 16.5. The summed E-state index contributed by atoms with van der Waals surface area (Å²) in [7, 11) is 1.49. The van der Waals surface area contributed by atoms with Crippen molar-refractivity contribution in [2.24, 2.45) is 0 Å². The van der Waals surface area contributed by atoms with Gasteiger partial charge in [-0.3, -0.25) is 9.59 Å². The molecule has 3 aromatic carbocycles. The quantitative estimate of drug-likeness (QED) is 0.422. The number of hydrogen-bond donors (Lipinski definition) is 2. The molecule has 0 saturated heterocycles.